The molecule has 178 valence electrons. The molecule has 0 saturated heterocycles. The molecule has 0 aliphatic heterocycles. The topological polar surface area (TPSA) is 26.6 Å². The van der Waals surface area contributed by atoms with Crippen molar-refractivity contribution in [2.75, 3.05) is 0 Å². The minimum atomic E-state index is -2.30. The van der Waals surface area contributed by atoms with E-state index in [1.807, 2.05) is 75.9 Å². The first-order valence-electron chi connectivity index (χ1n) is 14.9. The lowest BCUT2D eigenvalue weighted by Crippen LogP contribution is -2.25. The van der Waals surface area contributed by atoms with Crippen molar-refractivity contribution in [2.45, 2.75) is 16.6 Å². The number of imidazole rings is 1. The maximum absolute atomic E-state index is 7.99. The van der Waals surface area contributed by atoms with Crippen molar-refractivity contribution in [3.05, 3.63) is 121 Å². The Labute approximate surface area is 227 Å². The van der Waals surface area contributed by atoms with Gasteiger partial charge in [-0.3, -0.25) is 4.57 Å². The fraction of sp³-hybridized carbons (Fsp3) is 0.0625. The molecule has 4 nitrogen and oxygen atoms in total. The number of fused-ring (bicyclic) bond motifs is 4. The van der Waals surface area contributed by atoms with Crippen molar-refractivity contribution in [1.82, 2.24) is 14.1 Å². The van der Waals surface area contributed by atoms with E-state index in [0.29, 0.717) is 11.3 Å². The van der Waals surface area contributed by atoms with Crippen LogP contribution in [0, 0.1) is 6.85 Å². The lowest BCUT2D eigenvalue weighted by molar-refractivity contribution is -0.645. The van der Waals surface area contributed by atoms with Gasteiger partial charge in [-0.1, -0.05) is 54.2 Å². The van der Waals surface area contributed by atoms with E-state index < -0.39 is 13.8 Å². The standard InChI is InChI=1S/C32H25N4S/c1-22-16-17-33-32(18-22)36-28-11-4-3-10-26(28)27-15-14-25(20-31(27)36)37-24-9-7-8-23(19-24)35-21-34(2)29-12-5-6-13-30(29)35/h3-21H,1-2H3/q+1/i1D3,2D3. The molecule has 0 spiro atoms. The molecule has 0 bridgehead atoms. The number of hydrogen-bond acceptors (Lipinski definition) is 2. The van der Waals surface area contributed by atoms with Crippen molar-refractivity contribution < 1.29 is 12.8 Å². The van der Waals surface area contributed by atoms with Crippen LogP contribution in [0.25, 0.3) is 44.3 Å². The molecule has 0 aliphatic rings. The average molecular weight is 504 g/mol. The second kappa shape index (κ2) is 8.64. The quantitative estimate of drug-likeness (QED) is 0.234. The number of para-hydroxylation sites is 3. The SMILES string of the molecule is [2H]C([2H])([2H])c1ccnc(-n2c3ccccc3c3ccc(Sc4cccc(-n5c[n+](C([2H])([2H])[2H])c6ccccc65)c4)cc32)c1. The van der Waals surface area contributed by atoms with Crippen LogP contribution in [0.15, 0.2) is 125 Å². The van der Waals surface area contributed by atoms with Gasteiger partial charge in [0.15, 0.2) is 11.0 Å². The number of hydrogen-bond donors (Lipinski definition) is 0. The van der Waals surface area contributed by atoms with E-state index in [1.54, 1.807) is 30.4 Å². The van der Waals surface area contributed by atoms with Crippen molar-refractivity contribution in [3.8, 4) is 11.5 Å². The number of benzene rings is 4. The van der Waals surface area contributed by atoms with E-state index in [9.17, 15) is 0 Å². The van der Waals surface area contributed by atoms with Crippen LogP contribution < -0.4 is 4.57 Å². The van der Waals surface area contributed by atoms with Crippen molar-refractivity contribution >= 4 is 44.6 Å². The highest BCUT2D eigenvalue weighted by molar-refractivity contribution is 7.99. The number of aryl methyl sites for hydroxylation is 2. The van der Waals surface area contributed by atoms with Gasteiger partial charge in [0.1, 0.15) is 11.5 Å². The fourth-order valence-corrected chi connectivity index (χ4v) is 5.86. The Bertz CT molecular complexity index is 2160. The van der Waals surface area contributed by atoms with Crippen molar-refractivity contribution in [1.29, 1.82) is 0 Å². The van der Waals surface area contributed by atoms with E-state index in [-0.39, 0.29) is 5.56 Å². The maximum Gasteiger partial charge on any atom is 0.249 e. The highest BCUT2D eigenvalue weighted by Crippen LogP contribution is 2.36. The summed E-state index contributed by atoms with van der Waals surface area (Å²) in [4.78, 5) is 6.54. The molecular formula is C32H25N4S+. The molecular weight excluding hydrogens is 472 g/mol. The van der Waals surface area contributed by atoms with Gasteiger partial charge >= 0.3 is 0 Å². The zero-order valence-corrected chi connectivity index (χ0v) is 20.5. The van der Waals surface area contributed by atoms with Gasteiger partial charge in [-0.2, -0.15) is 4.57 Å². The Morgan fingerprint density at radius 1 is 0.757 bits per heavy atom. The van der Waals surface area contributed by atoms with Crippen LogP contribution >= 0.6 is 11.8 Å². The van der Waals surface area contributed by atoms with Crippen LogP contribution in [0.1, 0.15) is 13.8 Å². The van der Waals surface area contributed by atoms with Gasteiger partial charge in [0.25, 0.3) is 0 Å². The summed E-state index contributed by atoms with van der Waals surface area (Å²) in [7, 11) is 0. The molecule has 0 unspecified atom stereocenters. The first kappa shape index (κ1) is 16.4. The Morgan fingerprint density at radius 3 is 2.51 bits per heavy atom. The number of rotatable bonds is 4. The van der Waals surface area contributed by atoms with Gasteiger partial charge in [-0.05, 0) is 73.1 Å². The first-order chi connectivity index (χ1) is 20.6. The van der Waals surface area contributed by atoms with Crippen LogP contribution in [0.5, 0.6) is 0 Å². The van der Waals surface area contributed by atoms with Gasteiger partial charge in [0, 0.05) is 30.9 Å². The Balaban J connectivity index is 1.32. The predicted molar refractivity (Wildman–Crippen MR) is 152 cm³/mol. The average Bonchev–Trinajstić information content (AvgIpc) is 3.53. The van der Waals surface area contributed by atoms with Gasteiger partial charge in [0.05, 0.1) is 22.1 Å². The number of aromatic nitrogens is 4. The molecule has 0 fully saturated rings. The summed E-state index contributed by atoms with van der Waals surface area (Å²) in [6.07, 6.45) is 3.18. The Morgan fingerprint density at radius 2 is 1.59 bits per heavy atom. The molecule has 0 aliphatic carbocycles. The third-order valence-electron chi connectivity index (χ3n) is 6.58. The molecule has 0 amide bonds. The van der Waals surface area contributed by atoms with Gasteiger partial charge in [0.2, 0.25) is 6.33 Å². The molecule has 0 radical (unpaired) electrons. The Kier molecular flexibility index (Phi) is 3.83. The molecule has 3 aromatic heterocycles. The fourth-order valence-electron chi connectivity index (χ4n) is 4.95. The summed E-state index contributed by atoms with van der Waals surface area (Å²) in [5.74, 6) is 0.547. The van der Waals surface area contributed by atoms with E-state index >= 15 is 0 Å². The predicted octanol–water partition coefficient (Wildman–Crippen LogP) is 7.41. The van der Waals surface area contributed by atoms with Crippen LogP contribution in [0.4, 0.5) is 0 Å². The van der Waals surface area contributed by atoms with Crippen molar-refractivity contribution in [2.24, 2.45) is 6.98 Å². The largest absolute Gasteiger partial charge is 0.294 e. The normalized spacial score (nSPS) is 14.7. The summed E-state index contributed by atoms with van der Waals surface area (Å²) in [5.41, 5.74) is 4.40. The van der Waals surface area contributed by atoms with Gasteiger partial charge in [-0.25, -0.2) is 9.55 Å². The summed E-state index contributed by atoms with van der Waals surface area (Å²) in [5, 5.41) is 2.10. The second-order valence-corrected chi connectivity index (χ2v) is 10.0. The molecule has 5 heteroatoms. The van der Waals surface area contributed by atoms with Crippen LogP contribution in [-0.4, -0.2) is 14.1 Å². The monoisotopic (exact) mass is 503 g/mol. The van der Waals surface area contributed by atoms with Crippen LogP contribution in [-0.2, 0) is 6.98 Å². The van der Waals surface area contributed by atoms with Gasteiger partial charge < -0.3 is 0 Å². The minimum Gasteiger partial charge on any atom is -0.294 e. The molecule has 4 aromatic carbocycles. The van der Waals surface area contributed by atoms with E-state index in [1.165, 1.54) is 10.6 Å². The van der Waals surface area contributed by atoms with E-state index in [4.69, 9.17) is 8.22 Å². The lowest BCUT2D eigenvalue weighted by atomic mass is 10.2. The lowest BCUT2D eigenvalue weighted by Gasteiger charge is -2.09. The minimum absolute atomic E-state index is 0.239. The zero-order chi connectivity index (χ0) is 29.9. The smallest absolute Gasteiger partial charge is 0.249 e. The number of nitrogens with zero attached hydrogens (tertiary/aromatic N) is 4. The molecule has 7 aromatic rings. The van der Waals surface area contributed by atoms with E-state index in [2.05, 4.69) is 29.2 Å². The molecule has 0 atom stereocenters. The van der Waals surface area contributed by atoms with Crippen molar-refractivity contribution in [3.63, 3.8) is 0 Å². The molecule has 7 rings (SSSR count). The van der Waals surface area contributed by atoms with Crippen LogP contribution in [0.3, 0.4) is 0 Å². The molecule has 37 heavy (non-hydrogen) atoms. The highest BCUT2D eigenvalue weighted by atomic mass is 32.2. The van der Waals surface area contributed by atoms with E-state index in [0.717, 1.165) is 42.8 Å². The summed E-state index contributed by atoms with van der Waals surface area (Å²) < 4.78 is 52.9. The molecule has 3 heterocycles. The summed E-state index contributed by atoms with van der Waals surface area (Å²) in [6, 6.07) is 32.9. The molecule has 0 N–H and O–H groups in total. The maximum atomic E-state index is 7.99. The highest BCUT2D eigenvalue weighted by Gasteiger charge is 2.16. The second-order valence-electron chi connectivity index (χ2n) is 8.88. The first-order valence-corrected chi connectivity index (χ1v) is 12.7. The zero-order valence-electron chi connectivity index (χ0n) is 25.7. The number of pyridine rings is 1. The Hall–Kier alpha value is -4.35. The third-order valence-corrected chi connectivity index (χ3v) is 7.56. The van der Waals surface area contributed by atoms with Crippen LogP contribution in [0.2, 0.25) is 0 Å². The molecule has 0 saturated carbocycles. The summed E-state index contributed by atoms with van der Waals surface area (Å²) in [6.45, 7) is -4.54. The van der Waals surface area contributed by atoms with Gasteiger partial charge in [-0.15, -0.1) is 0 Å². The third kappa shape index (κ3) is 3.71. The summed E-state index contributed by atoms with van der Waals surface area (Å²) >= 11 is 1.60.